The highest BCUT2D eigenvalue weighted by Crippen LogP contribution is 2.20. The van der Waals surface area contributed by atoms with Crippen LogP contribution in [0.3, 0.4) is 0 Å². The van der Waals surface area contributed by atoms with Gasteiger partial charge in [0.1, 0.15) is 0 Å². The second-order valence-corrected chi connectivity index (χ2v) is 7.20. The maximum atomic E-state index is 12.5. The largest absolute Gasteiger partial charge is 0.322 e. The molecule has 0 fully saturated rings. The molecule has 0 bridgehead atoms. The monoisotopic (exact) mass is 367 g/mol. The summed E-state index contributed by atoms with van der Waals surface area (Å²) < 4.78 is 1.66. The second-order valence-electron chi connectivity index (χ2n) is 5.93. The van der Waals surface area contributed by atoms with Crippen LogP contribution in [0.15, 0.2) is 42.5 Å². The molecule has 3 rings (SSSR count). The number of carbonyl (C=O) groups is 1. The molecule has 1 heterocycles. The molecule has 0 radical (unpaired) electrons. The van der Waals surface area contributed by atoms with Gasteiger partial charge in [0.25, 0.3) is 5.91 Å². The van der Waals surface area contributed by atoms with E-state index in [1.807, 2.05) is 68.1 Å². The van der Waals surface area contributed by atoms with Gasteiger partial charge in [-0.25, -0.2) is 0 Å². The van der Waals surface area contributed by atoms with Crippen molar-refractivity contribution < 1.29 is 4.79 Å². The molecule has 0 saturated heterocycles. The first-order valence-corrected chi connectivity index (χ1v) is 9.58. The number of amides is 1. The number of aromatic nitrogens is 4. The maximum Gasteiger partial charge on any atom is 0.255 e. The van der Waals surface area contributed by atoms with Crippen molar-refractivity contribution in [1.82, 2.24) is 20.2 Å². The van der Waals surface area contributed by atoms with Gasteiger partial charge in [0.2, 0.25) is 0 Å². The summed E-state index contributed by atoms with van der Waals surface area (Å²) in [7, 11) is 0. The van der Waals surface area contributed by atoms with Gasteiger partial charge in [-0.3, -0.25) is 4.79 Å². The summed E-state index contributed by atoms with van der Waals surface area (Å²) in [5.41, 5.74) is 4.43. The van der Waals surface area contributed by atoms with Crippen molar-refractivity contribution in [2.24, 2.45) is 0 Å². The van der Waals surface area contributed by atoms with Gasteiger partial charge < -0.3 is 5.32 Å². The molecule has 0 unspecified atom stereocenters. The zero-order chi connectivity index (χ0) is 18.5. The molecule has 134 valence electrons. The fourth-order valence-electron chi connectivity index (χ4n) is 2.55. The van der Waals surface area contributed by atoms with Gasteiger partial charge >= 0.3 is 0 Å². The first-order chi connectivity index (χ1) is 12.6. The molecule has 0 aliphatic heterocycles. The van der Waals surface area contributed by atoms with Crippen LogP contribution in [-0.4, -0.2) is 31.9 Å². The highest BCUT2D eigenvalue weighted by Gasteiger charge is 2.11. The Hall–Kier alpha value is -2.67. The van der Waals surface area contributed by atoms with E-state index in [2.05, 4.69) is 27.8 Å². The number of hydrogen-bond acceptors (Lipinski definition) is 5. The Morgan fingerprint density at radius 3 is 2.58 bits per heavy atom. The molecule has 1 N–H and O–H groups in total. The topological polar surface area (TPSA) is 72.7 Å². The fourth-order valence-corrected chi connectivity index (χ4v) is 3.18. The molecule has 1 aromatic heterocycles. The van der Waals surface area contributed by atoms with Crippen LogP contribution in [-0.2, 0) is 5.75 Å². The van der Waals surface area contributed by atoms with Crippen LogP contribution in [0.4, 0.5) is 5.69 Å². The van der Waals surface area contributed by atoms with Crippen LogP contribution in [0, 0.1) is 13.8 Å². The van der Waals surface area contributed by atoms with E-state index in [4.69, 9.17) is 0 Å². The molecule has 1 amide bonds. The van der Waals surface area contributed by atoms with Crippen LogP contribution < -0.4 is 5.32 Å². The van der Waals surface area contributed by atoms with Crippen molar-refractivity contribution in [3.8, 4) is 5.69 Å². The average Bonchev–Trinajstić information content (AvgIpc) is 3.07. The number of benzene rings is 2. The minimum Gasteiger partial charge on any atom is -0.322 e. The van der Waals surface area contributed by atoms with Crippen molar-refractivity contribution >= 4 is 23.4 Å². The lowest BCUT2D eigenvalue weighted by Crippen LogP contribution is -2.12. The summed E-state index contributed by atoms with van der Waals surface area (Å²) in [5, 5.41) is 14.5. The summed E-state index contributed by atoms with van der Waals surface area (Å²) in [5.74, 6) is 2.60. The third-order valence-electron chi connectivity index (χ3n) is 4.01. The lowest BCUT2D eigenvalue weighted by molar-refractivity contribution is 0.102. The zero-order valence-electron chi connectivity index (χ0n) is 15.1. The SMILES string of the molecule is CCSCc1ccc(C(=O)Nc2ccc(C)c(-n3nnnc3C)c2)cc1. The van der Waals surface area contributed by atoms with Gasteiger partial charge in [-0.15, -0.1) is 5.10 Å². The predicted molar refractivity (Wildman–Crippen MR) is 105 cm³/mol. The number of tetrazole rings is 1. The van der Waals surface area contributed by atoms with Crippen molar-refractivity contribution in [2.45, 2.75) is 26.5 Å². The van der Waals surface area contributed by atoms with Gasteiger partial charge in [-0.05, 0) is 65.4 Å². The van der Waals surface area contributed by atoms with Crippen LogP contribution in [0.2, 0.25) is 0 Å². The Morgan fingerprint density at radius 2 is 1.92 bits per heavy atom. The average molecular weight is 367 g/mol. The molecule has 0 atom stereocenters. The number of nitrogens with one attached hydrogen (secondary N) is 1. The van der Waals surface area contributed by atoms with Gasteiger partial charge in [0.05, 0.1) is 5.69 Å². The zero-order valence-corrected chi connectivity index (χ0v) is 15.9. The molecule has 2 aromatic carbocycles. The van der Waals surface area contributed by atoms with E-state index in [1.165, 1.54) is 5.56 Å². The Labute approximate surface area is 157 Å². The second kappa shape index (κ2) is 8.14. The van der Waals surface area contributed by atoms with Crippen molar-refractivity contribution in [1.29, 1.82) is 0 Å². The molecule has 7 heteroatoms. The van der Waals surface area contributed by atoms with Gasteiger partial charge in [0, 0.05) is 17.0 Å². The third-order valence-corrected chi connectivity index (χ3v) is 4.96. The number of rotatable bonds is 6. The highest BCUT2D eigenvalue weighted by atomic mass is 32.2. The van der Waals surface area contributed by atoms with Gasteiger partial charge in [-0.2, -0.15) is 16.4 Å². The molecule has 3 aromatic rings. The standard InChI is InChI=1S/C19H21N5OS/c1-4-26-12-15-6-8-16(9-7-15)19(25)20-17-10-5-13(2)18(11-17)24-14(3)21-22-23-24/h5-11H,4,12H2,1-3H3,(H,20,25). The number of anilines is 1. The normalized spacial score (nSPS) is 10.7. The summed E-state index contributed by atoms with van der Waals surface area (Å²) in [4.78, 5) is 12.5. The van der Waals surface area contributed by atoms with Crippen LogP contribution in [0.1, 0.15) is 34.2 Å². The molecule has 0 spiro atoms. The van der Waals surface area contributed by atoms with Crippen molar-refractivity contribution in [2.75, 3.05) is 11.1 Å². The highest BCUT2D eigenvalue weighted by molar-refractivity contribution is 7.98. The number of thioether (sulfide) groups is 1. The minimum absolute atomic E-state index is 0.136. The Bertz CT molecular complexity index is 905. The first-order valence-electron chi connectivity index (χ1n) is 8.42. The smallest absolute Gasteiger partial charge is 0.255 e. The first kappa shape index (κ1) is 18.1. The third kappa shape index (κ3) is 4.11. The predicted octanol–water partition coefficient (Wildman–Crippen LogP) is 3.78. The summed E-state index contributed by atoms with van der Waals surface area (Å²) in [6.07, 6.45) is 0. The lowest BCUT2D eigenvalue weighted by atomic mass is 10.1. The van der Waals surface area contributed by atoms with E-state index in [-0.39, 0.29) is 5.91 Å². The minimum atomic E-state index is -0.136. The number of aryl methyl sites for hydroxylation is 2. The quantitative estimate of drug-likeness (QED) is 0.718. The number of hydrogen-bond donors (Lipinski definition) is 1. The van der Waals surface area contributed by atoms with Crippen LogP contribution in [0.25, 0.3) is 5.69 Å². The van der Waals surface area contributed by atoms with E-state index in [0.29, 0.717) is 17.1 Å². The summed E-state index contributed by atoms with van der Waals surface area (Å²) >= 11 is 1.86. The molecular weight excluding hydrogens is 346 g/mol. The fraction of sp³-hybridized carbons (Fsp3) is 0.263. The van der Waals surface area contributed by atoms with Crippen LogP contribution >= 0.6 is 11.8 Å². The van der Waals surface area contributed by atoms with Crippen molar-refractivity contribution in [3.05, 3.63) is 65.0 Å². The number of carbonyl (C=O) groups excluding carboxylic acids is 1. The lowest BCUT2D eigenvalue weighted by Gasteiger charge is -2.11. The maximum absolute atomic E-state index is 12.5. The van der Waals surface area contributed by atoms with E-state index in [1.54, 1.807) is 4.68 Å². The molecule has 26 heavy (non-hydrogen) atoms. The summed E-state index contributed by atoms with van der Waals surface area (Å²) in [6.45, 7) is 5.96. The summed E-state index contributed by atoms with van der Waals surface area (Å²) in [6, 6.07) is 13.4. The molecular formula is C19H21N5OS. The molecule has 0 aliphatic rings. The Kier molecular flexibility index (Phi) is 5.68. The molecule has 0 aliphatic carbocycles. The molecule has 0 saturated carbocycles. The molecule has 6 nitrogen and oxygen atoms in total. The Morgan fingerprint density at radius 1 is 1.15 bits per heavy atom. The Balaban J connectivity index is 1.76. The van der Waals surface area contributed by atoms with Gasteiger partial charge in [-0.1, -0.05) is 25.1 Å². The van der Waals surface area contributed by atoms with E-state index in [0.717, 1.165) is 22.8 Å². The van der Waals surface area contributed by atoms with E-state index < -0.39 is 0 Å². The number of nitrogens with zero attached hydrogens (tertiary/aromatic N) is 4. The van der Waals surface area contributed by atoms with Crippen LogP contribution in [0.5, 0.6) is 0 Å². The van der Waals surface area contributed by atoms with Crippen molar-refractivity contribution in [3.63, 3.8) is 0 Å². The van der Waals surface area contributed by atoms with E-state index >= 15 is 0 Å². The van der Waals surface area contributed by atoms with Gasteiger partial charge in [0.15, 0.2) is 5.82 Å². The van der Waals surface area contributed by atoms with E-state index in [9.17, 15) is 4.79 Å².